The number of benzene rings is 1. The van der Waals surface area contributed by atoms with E-state index in [1.165, 1.54) is 7.05 Å². The number of likely N-dealkylation sites (N-methyl/N-ethyl adjacent to an activating group) is 1. The fraction of sp³-hybridized carbons (Fsp3) is 0.600. The molecular formula is C20H31FN4O5S. The van der Waals surface area contributed by atoms with Crippen LogP contribution in [0, 0.1) is 5.82 Å². The highest BCUT2D eigenvalue weighted by atomic mass is 32.2. The van der Waals surface area contributed by atoms with Crippen molar-refractivity contribution in [2.45, 2.75) is 31.3 Å². The highest BCUT2D eigenvalue weighted by Crippen LogP contribution is 2.14. The molecule has 0 saturated carbocycles. The van der Waals surface area contributed by atoms with Gasteiger partial charge in [-0.15, -0.1) is 0 Å². The summed E-state index contributed by atoms with van der Waals surface area (Å²) < 4.78 is 44.2. The van der Waals surface area contributed by atoms with Gasteiger partial charge in [-0.2, -0.15) is 4.31 Å². The number of carbonyl (C=O) groups excluding carboxylic acids is 2. The molecule has 1 fully saturated rings. The second-order valence-corrected chi connectivity index (χ2v) is 10.4. The molecule has 174 valence electrons. The highest BCUT2D eigenvalue weighted by molar-refractivity contribution is 7.89. The molecular weight excluding hydrogens is 427 g/mol. The molecule has 1 aromatic carbocycles. The summed E-state index contributed by atoms with van der Waals surface area (Å²) in [4.78, 5) is 27.9. The van der Waals surface area contributed by atoms with E-state index in [0.29, 0.717) is 39.3 Å². The van der Waals surface area contributed by atoms with E-state index in [9.17, 15) is 22.4 Å². The van der Waals surface area contributed by atoms with Crippen LogP contribution < -0.4 is 5.32 Å². The fourth-order valence-corrected chi connectivity index (χ4v) is 4.09. The van der Waals surface area contributed by atoms with E-state index in [2.05, 4.69) is 10.2 Å². The number of sulfonamides is 1. The van der Waals surface area contributed by atoms with Gasteiger partial charge in [0.25, 0.3) is 0 Å². The van der Waals surface area contributed by atoms with Gasteiger partial charge in [-0.3, -0.25) is 9.69 Å². The first-order chi connectivity index (χ1) is 14.4. The summed E-state index contributed by atoms with van der Waals surface area (Å²) >= 11 is 0. The van der Waals surface area contributed by atoms with Crippen LogP contribution in [0.25, 0.3) is 0 Å². The van der Waals surface area contributed by atoms with Crippen molar-refractivity contribution in [3.63, 3.8) is 0 Å². The van der Waals surface area contributed by atoms with Gasteiger partial charge in [0.15, 0.2) is 0 Å². The van der Waals surface area contributed by atoms with Crippen LogP contribution in [-0.2, 0) is 19.6 Å². The molecule has 0 unspecified atom stereocenters. The smallest absolute Gasteiger partial charge is 0.410 e. The Hall–Kier alpha value is -2.24. The van der Waals surface area contributed by atoms with Crippen LogP contribution in [0.15, 0.2) is 29.2 Å². The number of halogens is 1. The Morgan fingerprint density at radius 3 is 2.26 bits per heavy atom. The molecule has 0 spiro atoms. The number of rotatable bonds is 7. The zero-order valence-corrected chi connectivity index (χ0v) is 19.2. The second-order valence-electron chi connectivity index (χ2n) is 8.37. The van der Waals surface area contributed by atoms with E-state index >= 15 is 0 Å². The van der Waals surface area contributed by atoms with Gasteiger partial charge in [0.1, 0.15) is 11.4 Å². The number of amides is 2. The van der Waals surface area contributed by atoms with Crippen LogP contribution in [-0.4, -0.2) is 93.0 Å². The minimum Gasteiger partial charge on any atom is -0.444 e. The standard InChI is InChI=1S/C20H31FN4O5S/c1-20(2,3)30-19(27)25-13-11-24(12-14-25)10-9-22-18(26)15-23(4)31(28,29)17-7-5-16(21)6-8-17/h5-8H,9-15H2,1-4H3,(H,22,26). The van der Waals surface area contributed by atoms with Crippen molar-refractivity contribution in [2.75, 3.05) is 52.9 Å². The van der Waals surface area contributed by atoms with Gasteiger partial charge in [-0.05, 0) is 45.0 Å². The quantitative estimate of drug-likeness (QED) is 0.657. The molecule has 2 amide bonds. The van der Waals surface area contributed by atoms with Crippen molar-refractivity contribution < 1.29 is 27.1 Å². The van der Waals surface area contributed by atoms with Crippen LogP contribution >= 0.6 is 0 Å². The maximum absolute atomic E-state index is 13.0. The van der Waals surface area contributed by atoms with Gasteiger partial charge in [0.2, 0.25) is 15.9 Å². The van der Waals surface area contributed by atoms with E-state index in [-0.39, 0.29) is 17.5 Å². The van der Waals surface area contributed by atoms with Crippen LogP contribution in [0.4, 0.5) is 9.18 Å². The molecule has 2 rings (SSSR count). The molecule has 1 saturated heterocycles. The summed E-state index contributed by atoms with van der Waals surface area (Å²) in [5.41, 5.74) is -0.532. The number of hydrogen-bond acceptors (Lipinski definition) is 6. The lowest BCUT2D eigenvalue weighted by atomic mass is 10.2. The SMILES string of the molecule is CN(CC(=O)NCCN1CCN(C(=O)OC(C)(C)C)CC1)S(=O)(=O)c1ccc(F)cc1. The van der Waals surface area contributed by atoms with Crippen molar-refractivity contribution in [3.8, 4) is 0 Å². The van der Waals surface area contributed by atoms with Crippen molar-refractivity contribution in [1.82, 2.24) is 19.4 Å². The van der Waals surface area contributed by atoms with Gasteiger partial charge >= 0.3 is 6.09 Å². The topological polar surface area (TPSA) is 99.3 Å². The van der Waals surface area contributed by atoms with Gasteiger partial charge < -0.3 is 15.0 Å². The summed E-state index contributed by atoms with van der Waals surface area (Å²) in [5, 5.41) is 2.71. The third-order valence-corrected chi connectivity index (χ3v) is 6.48. The molecule has 1 aliphatic rings. The summed E-state index contributed by atoms with van der Waals surface area (Å²) in [7, 11) is -2.58. The Bertz CT molecular complexity index is 863. The summed E-state index contributed by atoms with van der Waals surface area (Å²) in [6.45, 7) is 8.49. The largest absolute Gasteiger partial charge is 0.444 e. The lowest BCUT2D eigenvalue weighted by Crippen LogP contribution is -2.51. The molecule has 0 bridgehead atoms. The molecule has 31 heavy (non-hydrogen) atoms. The first-order valence-electron chi connectivity index (χ1n) is 10.1. The Morgan fingerprint density at radius 1 is 1.13 bits per heavy atom. The highest BCUT2D eigenvalue weighted by Gasteiger charge is 2.26. The van der Waals surface area contributed by atoms with E-state index in [0.717, 1.165) is 28.6 Å². The Balaban J connectivity index is 1.71. The number of ether oxygens (including phenoxy) is 1. The van der Waals surface area contributed by atoms with E-state index in [1.54, 1.807) is 4.90 Å². The summed E-state index contributed by atoms with van der Waals surface area (Å²) in [5.74, 6) is -0.966. The van der Waals surface area contributed by atoms with Crippen molar-refractivity contribution in [1.29, 1.82) is 0 Å². The number of nitrogens with zero attached hydrogens (tertiary/aromatic N) is 3. The van der Waals surface area contributed by atoms with Gasteiger partial charge in [0.05, 0.1) is 11.4 Å². The number of carbonyl (C=O) groups is 2. The van der Waals surface area contributed by atoms with E-state index in [4.69, 9.17) is 4.74 Å². The molecule has 0 atom stereocenters. The number of nitrogens with one attached hydrogen (secondary N) is 1. The normalized spacial score (nSPS) is 15.7. The summed E-state index contributed by atoms with van der Waals surface area (Å²) in [6, 6.07) is 4.44. The Morgan fingerprint density at radius 2 is 1.71 bits per heavy atom. The maximum Gasteiger partial charge on any atom is 0.410 e. The monoisotopic (exact) mass is 458 g/mol. The van der Waals surface area contributed by atoms with Crippen LogP contribution in [0.3, 0.4) is 0 Å². The summed E-state index contributed by atoms with van der Waals surface area (Å²) in [6.07, 6.45) is -0.328. The minimum absolute atomic E-state index is 0.0768. The van der Waals surface area contributed by atoms with E-state index < -0.39 is 27.3 Å². The first-order valence-corrected chi connectivity index (χ1v) is 11.5. The zero-order valence-electron chi connectivity index (χ0n) is 18.4. The zero-order chi connectivity index (χ0) is 23.2. The van der Waals surface area contributed by atoms with Crippen molar-refractivity contribution in [3.05, 3.63) is 30.1 Å². The first kappa shape index (κ1) is 25.0. The predicted octanol–water partition coefficient (Wildman–Crippen LogP) is 1.12. The Kier molecular flexibility index (Phi) is 8.38. The van der Waals surface area contributed by atoms with Gasteiger partial charge in [-0.25, -0.2) is 17.6 Å². The molecule has 1 aromatic rings. The molecule has 0 radical (unpaired) electrons. The molecule has 1 N–H and O–H groups in total. The van der Waals surface area contributed by atoms with Gasteiger partial charge in [-0.1, -0.05) is 0 Å². The third-order valence-electron chi connectivity index (χ3n) is 4.66. The van der Waals surface area contributed by atoms with Crippen LogP contribution in [0.2, 0.25) is 0 Å². The van der Waals surface area contributed by atoms with Gasteiger partial charge in [0, 0.05) is 46.3 Å². The van der Waals surface area contributed by atoms with E-state index in [1.807, 2.05) is 20.8 Å². The molecule has 0 aromatic heterocycles. The second kappa shape index (κ2) is 10.4. The molecule has 0 aliphatic carbocycles. The van der Waals surface area contributed by atoms with Crippen LogP contribution in [0.5, 0.6) is 0 Å². The minimum atomic E-state index is -3.88. The third kappa shape index (κ3) is 7.75. The average molecular weight is 459 g/mol. The van der Waals surface area contributed by atoms with Crippen molar-refractivity contribution >= 4 is 22.0 Å². The average Bonchev–Trinajstić information content (AvgIpc) is 2.67. The predicted molar refractivity (Wildman–Crippen MR) is 113 cm³/mol. The fourth-order valence-electron chi connectivity index (χ4n) is 2.96. The molecule has 11 heteroatoms. The Labute approximate surface area is 183 Å². The molecule has 1 aliphatic heterocycles. The van der Waals surface area contributed by atoms with Crippen molar-refractivity contribution in [2.24, 2.45) is 0 Å². The maximum atomic E-state index is 13.0. The number of piperazine rings is 1. The lowest BCUT2D eigenvalue weighted by molar-refractivity contribution is -0.121. The lowest BCUT2D eigenvalue weighted by Gasteiger charge is -2.35. The molecule has 1 heterocycles. The number of hydrogen-bond donors (Lipinski definition) is 1. The molecule has 9 nitrogen and oxygen atoms in total. The van der Waals surface area contributed by atoms with Crippen LogP contribution in [0.1, 0.15) is 20.8 Å².